The summed E-state index contributed by atoms with van der Waals surface area (Å²) in [6, 6.07) is 0.639. The van der Waals surface area contributed by atoms with Crippen LogP contribution < -0.4 is 5.73 Å². The van der Waals surface area contributed by atoms with E-state index in [0.717, 1.165) is 51.8 Å². The summed E-state index contributed by atoms with van der Waals surface area (Å²) in [5.74, 6) is 0.727. The molecule has 2 heterocycles. The second kappa shape index (κ2) is 5.45. The van der Waals surface area contributed by atoms with Gasteiger partial charge in [-0.05, 0) is 26.3 Å². The molecule has 94 valence electrons. The Kier molecular flexibility index (Phi) is 4.19. The molecule has 2 saturated heterocycles. The molecule has 2 rings (SSSR count). The number of hydrogen-bond acceptors (Lipinski definition) is 4. The molecule has 1 atom stereocenters. The highest BCUT2D eigenvalue weighted by Crippen LogP contribution is 2.17. The van der Waals surface area contributed by atoms with Gasteiger partial charge in [0.15, 0.2) is 0 Å². The van der Waals surface area contributed by atoms with E-state index in [-0.39, 0.29) is 0 Å². The SMILES string of the molecule is CC(C)N1CCOC(CN2CC(CN)C2)C1. The van der Waals surface area contributed by atoms with Gasteiger partial charge in [0.05, 0.1) is 12.7 Å². The normalized spacial score (nSPS) is 29.6. The Labute approximate surface area is 98.7 Å². The van der Waals surface area contributed by atoms with E-state index in [4.69, 9.17) is 10.5 Å². The van der Waals surface area contributed by atoms with E-state index in [0.29, 0.717) is 12.1 Å². The molecule has 0 aromatic rings. The highest BCUT2D eigenvalue weighted by molar-refractivity contribution is 4.84. The molecule has 0 saturated carbocycles. The zero-order chi connectivity index (χ0) is 11.5. The Bertz CT molecular complexity index is 216. The first-order valence-electron chi connectivity index (χ1n) is 6.47. The summed E-state index contributed by atoms with van der Waals surface area (Å²) >= 11 is 0. The van der Waals surface area contributed by atoms with Gasteiger partial charge in [-0.2, -0.15) is 0 Å². The monoisotopic (exact) mass is 227 g/mol. The minimum Gasteiger partial charge on any atom is -0.374 e. The van der Waals surface area contributed by atoms with Gasteiger partial charge in [0.25, 0.3) is 0 Å². The lowest BCUT2D eigenvalue weighted by Gasteiger charge is -2.43. The number of rotatable bonds is 4. The van der Waals surface area contributed by atoms with Gasteiger partial charge in [-0.15, -0.1) is 0 Å². The smallest absolute Gasteiger partial charge is 0.0829 e. The molecule has 0 bridgehead atoms. The molecule has 4 nitrogen and oxygen atoms in total. The Morgan fingerprint density at radius 1 is 1.31 bits per heavy atom. The van der Waals surface area contributed by atoms with Crippen molar-refractivity contribution in [3.05, 3.63) is 0 Å². The lowest BCUT2D eigenvalue weighted by atomic mass is 10.00. The zero-order valence-electron chi connectivity index (χ0n) is 10.6. The van der Waals surface area contributed by atoms with Crippen molar-refractivity contribution in [1.82, 2.24) is 9.80 Å². The van der Waals surface area contributed by atoms with Crippen LogP contribution in [0.15, 0.2) is 0 Å². The summed E-state index contributed by atoms with van der Waals surface area (Å²) in [5.41, 5.74) is 5.62. The fourth-order valence-corrected chi connectivity index (χ4v) is 2.58. The maximum atomic E-state index is 5.82. The van der Waals surface area contributed by atoms with Crippen LogP contribution >= 0.6 is 0 Å². The van der Waals surface area contributed by atoms with Crippen molar-refractivity contribution in [2.75, 3.05) is 45.9 Å². The van der Waals surface area contributed by atoms with Gasteiger partial charge >= 0.3 is 0 Å². The Morgan fingerprint density at radius 3 is 2.69 bits per heavy atom. The van der Waals surface area contributed by atoms with Crippen LogP contribution in [0.1, 0.15) is 13.8 Å². The summed E-state index contributed by atoms with van der Waals surface area (Å²) in [4.78, 5) is 4.97. The molecule has 0 radical (unpaired) electrons. The maximum Gasteiger partial charge on any atom is 0.0829 e. The average Bonchev–Trinajstić information content (AvgIpc) is 2.23. The summed E-state index contributed by atoms with van der Waals surface area (Å²) in [7, 11) is 0. The van der Waals surface area contributed by atoms with Crippen LogP contribution in [0.3, 0.4) is 0 Å². The predicted octanol–water partition coefficient (Wildman–Crippen LogP) is -0.0139. The van der Waals surface area contributed by atoms with Gasteiger partial charge in [0.2, 0.25) is 0 Å². The Balaban J connectivity index is 1.70. The fraction of sp³-hybridized carbons (Fsp3) is 1.00. The highest BCUT2D eigenvalue weighted by Gasteiger charge is 2.30. The van der Waals surface area contributed by atoms with Crippen molar-refractivity contribution < 1.29 is 4.74 Å². The number of ether oxygens (including phenoxy) is 1. The molecule has 2 aliphatic rings. The van der Waals surface area contributed by atoms with Crippen molar-refractivity contribution in [3.8, 4) is 0 Å². The molecular weight excluding hydrogens is 202 g/mol. The van der Waals surface area contributed by atoms with Crippen molar-refractivity contribution in [3.63, 3.8) is 0 Å². The minimum atomic E-state index is 0.398. The van der Waals surface area contributed by atoms with Gasteiger partial charge in [0.1, 0.15) is 0 Å². The van der Waals surface area contributed by atoms with Crippen LogP contribution in [-0.4, -0.2) is 67.8 Å². The minimum absolute atomic E-state index is 0.398. The molecule has 4 heteroatoms. The first-order valence-corrected chi connectivity index (χ1v) is 6.47. The molecule has 0 aromatic carbocycles. The topological polar surface area (TPSA) is 41.7 Å². The van der Waals surface area contributed by atoms with E-state index in [1.807, 2.05) is 0 Å². The van der Waals surface area contributed by atoms with E-state index < -0.39 is 0 Å². The van der Waals surface area contributed by atoms with E-state index >= 15 is 0 Å². The predicted molar refractivity (Wildman–Crippen MR) is 65.4 cm³/mol. The number of likely N-dealkylation sites (tertiary alicyclic amines) is 1. The van der Waals surface area contributed by atoms with Gasteiger partial charge in [-0.1, -0.05) is 0 Å². The summed E-state index contributed by atoms with van der Waals surface area (Å²) in [5, 5.41) is 0. The van der Waals surface area contributed by atoms with Gasteiger partial charge in [0, 0.05) is 38.8 Å². The summed E-state index contributed by atoms with van der Waals surface area (Å²) < 4.78 is 5.82. The second-order valence-corrected chi connectivity index (χ2v) is 5.40. The third-order valence-corrected chi connectivity index (χ3v) is 3.73. The molecule has 2 N–H and O–H groups in total. The van der Waals surface area contributed by atoms with Crippen LogP contribution in [-0.2, 0) is 4.74 Å². The average molecular weight is 227 g/mol. The van der Waals surface area contributed by atoms with E-state index in [2.05, 4.69) is 23.6 Å². The molecule has 0 amide bonds. The van der Waals surface area contributed by atoms with Gasteiger partial charge in [-0.3, -0.25) is 9.80 Å². The van der Waals surface area contributed by atoms with Crippen molar-refractivity contribution in [1.29, 1.82) is 0 Å². The quantitative estimate of drug-likeness (QED) is 0.733. The third-order valence-electron chi connectivity index (χ3n) is 3.73. The molecular formula is C12H25N3O. The zero-order valence-corrected chi connectivity index (χ0v) is 10.6. The molecule has 2 fully saturated rings. The number of morpholine rings is 1. The highest BCUT2D eigenvalue weighted by atomic mass is 16.5. The lowest BCUT2D eigenvalue weighted by Crippen LogP contribution is -2.56. The first kappa shape index (κ1) is 12.3. The molecule has 2 aliphatic heterocycles. The van der Waals surface area contributed by atoms with Crippen LogP contribution in [0.4, 0.5) is 0 Å². The van der Waals surface area contributed by atoms with Crippen molar-refractivity contribution >= 4 is 0 Å². The Morgan fingerprint density at radius 2 is 2.06 bits per heavy atom. The molecule has 0 aromatic heterocycles. The second-order valence-electron chi connectivity index (χ2n) is 5.40. The van der Waals surface area contributed by atoms with E-state index in [1.54, 1.807) is 0 Å². The third kappa shape index (κ3) is 2.94. The van der Waals surface area contributed by atoms with Crippen LogP contribution in [0.5, 0.6) is 0 Å². The van der Waals surface area contributed by atoms with Gasteiger partial charge in [-0.25, -0.2) is 0 Å². The number of nitrogens with two attached hydrogens (primary N) is 1. The van der Waals surface area contributed by atoms with E-state index in [9.17, 15) is 0 Å². The number of hydrogen-bond donors (Lipinski definition) is 1. The van der Waals surface area contributed by atoms with Crippen molar-refractivity contribution in [2.24, 2.45) is 11.7 Å². The summed E-state index contributed by atoms with van der Waals surface area (Å²) in [6.45, 7) is 11.8. The molecule has 0 aliphatic carbocycles. The van der Waals surface area contributed by atoms with E-state index in [1.165, 1.54) is 0 Å². The molecule has 16 heavy (non-hydrogen) atoms. The largest absolute Gasteiger partial charge is 0.374 e. The standard InChI is InChI=1S/C12H25N3O/c1-10(2)15-3-4-16-12(9-15)8-14-6-11(5-13)7-14/h10-12H,3-9,13H2,1-2H3. The first-order chi connectivity index (χ1) is 7.69. The van der Waals surface area contributed by atoms with Crippen molar-refractivity contribution in [2.45, 2.75) is 26.0 Å². The van der Waals surface area contributed by atoms with Crippen LogP contribution in [0.2, 0.25) is 0 Å². The Hall–Kier alpha value is -0.160. The molecule has 1 unspecified atom stereocenters. The molecule has 0 spiro atoms. The lowest BCUT2D eigenvalue weighted by molar-refractivity contribution is -0.0653. The maximum absolute atomic E-state index is 5.82. The van der Waals surface area contributed by atoms with Crippen LogP contribution in [0, 0.1) is 5.92 Å². The summed E-state index contributed by atoms with van der Waals surface area (Å²) in [6.07, 6.45) is 0.398. The number of nitrogens with zero attached hydrogens (tertiary/aromatic N) is 2. The van der Waals surface area contributed by atoms with Crippen LogP contribution in [0.25, 0.3) is 0 Å². The van der Waals surface area contributed by atoms with Gasteiger partial charge < -0.3 is 10.5 Å². The fourth-order valence-electron chi connectivity index (χ4n) is 2.58.